The summed E-state index contributed by atoms with van der Waals surface area (Å²) in [6.45, 7) is 1.27. The van der Waals surface area contributed by atoms with E-state index < -0.39 is 0 Å². The van der Waals surface area contributed by atoms with Gasteiger partial charge in [-0.3, -0.25) is 9.69 Å². The number of anilines is 1. The molecule has 0 aliphatic carbocycles. The van der Waals surface area contributed by atoms with E-state index in [2.05, 4.69) is 5.32 Å². The molecule has 0 aromatic heterocycles. The lowest BCUT2D eigenvalue weighted by Gasteiger charge is -2.17. The highest BCUT2D eigenvalue weighted by atomic mass is 35.5. The minimum Gasteiger partial charge on any atom is -0.492 e. The summed E-state index contributed by atoms with van der Waals surface area (Å²) in [5.41, 5.74) is 0.363. The number of halogens is 3. The van der Waals surface area contributed by atoms with Gasteiger partial charge in [-0.2, -0.15) is 0 Å². The number of benzene rings is 2. The van der Waals surface area contributed by atoms with E-state index >= 15 is 0 Å². The first-order valence-corrected chi connectivity index (χ1v) is 8.40. The summed E-state index contributed by atoms with van der Waals surface area (Å²) >= 11 is 17.9. The van der Waals surface area contributed by atoms with Crippen molar-refractivity contribution in [3.8, 4) is 5.75 Å². The fourth-order valence-electron chi connectivity index (χ4n) is 2.00. The second-order valence-corrected chi connectivity index (χ2v) is 6.44. The number of nitrogens with one attached hydrogen (secondary N) is 1. The molecular weight excluding hydrogens is 371 g/mol. The highest BCUT2D eigenvalue weighted by Crippen LogP contribution is 2.33. The average Bonchev–Trinajstić information content (AvgIpc) is 2.52. The predicted octanol–water partition coefficient (Wildman–Crippen LogP) is 4.60. The Morgan fingerprint density at radius 2 is 1.75 bits per heavy atom. The highest BCUT2D eigenvalue weighted by Gasteiger charge is 2.13. The number of amides is 1. The molecule has 0 fully saturated rings. The molecule has 0 aliphatic rings. The lowest BCUT2D eigenvalue weighted by Crippen LogP contribution is -2.33. The number of rotatable bonds is 7. The Hall–Kier alpha value is -1.46. The summed E-state index contributed by atoms with van der Waals surface area (Å²) < 4.78 is 5.60. The molecule has 0 aliphatic heterocycles. The van der Waals surface area contributed by atoms with Crippen molar-refractivity contribution in [2.75, 3.05) is 32.1 Å². The Morgan fingerprint density at radius 3 is 2.38 bits per heavy atom. The minimum absolute atomic E-state index is 0.188. The lowest BCUT2D eigenvalue weighted by atomic mass is 10.3. The van der Waals surface area contributed by atoms with Gasteiger partial charge in [-0.05, 0) is 31.3 Å². The van der Waals surface area contributed by atoms with Crippen molar-refractivity contribution >= 4 is 46.4 Å². The topological polar surface area (TPSA) is 41.6 Å². The molecule has 1 N–H and O–H groups in total. The monoisotopic (exact) mass is 386 g/mol. The van der Waals surface area contributed by atoms with Crippen molar-refractivity contribution in [1.82, 2.24) is 4.90 Å². The van der Waals surface area contributed by atoms with E-state index in [0.29, 0.717) is 33.9 Å². The summed E-state index contributed by atoms with van der Waals surface area (Å²) in [6.07, 6.45) is 0. The molecule has 1 amide bonds. The molecule has 0 heterocycles. The summed E-state index contributed by atoms with van der Waals surface area (Å²) in [5.74, 6) is 0.582. The molecule has 2 rings (SSSR count). The normalized spacial score (nSPS) is 10.7. The first-order chi connectivity index (χ1) is 11.5. The van der Waals surface area contributed by atoms with Gasteiger partial charge in [0.05, 0.1) is 22.3 Å². The standard InChI is InChI=1S/C17H17Cl3N2O2/c1-22(7-8-24-13-5-3-2-4-6-13)11-16(23)21-17-14(19)9-12(18)10-15(17)20/h2-6,9-10H,7-8,11H2,1H3,(H,21,23). The maximum Gasteiger partial charge on any atom is 0.238 e. The Kier molecular flexibility index (Phi) is 7.18. The van der Waals surface area contributed by atoms with E-state index in [1.807, 2.05) is 42.3 Å². The zero-order chi connectivity index (χ0) is 17.5. The van der Waals surface area contributed by atoms with Crippen LogP contribution in [0.3, 0.4) is 0 Å². The van der Waals surface area contributed by atoms with Crippen LogP contribution in [0.4, 0.5) is 5.69 Å². The fourth-order valence-corrected chi connectivity index (χ4v) is 2.91. The summed E-state index contributed by atoms with van der Waals surface area (Å²) in [6, 6.07) is 12.6. The molecule has 2 aromatic rings. The van der Waals surface area contributed by atoms with Crippen LogP contribution in [-0.4, -0.2) is 37.6 Å². The zero-order valence-electron chi connectivity index (χ0n) is 13.1. The third kappa shape index (κ3) is 5.87. The maximum absolute atomic E-state index is 12.1. The van der Waals surface area contributed by atoms with E-state index in [1.165, 1.54) is 12.1 Å². The van der Waals surface area contributed by atoms with Crippen molar-refractivity contribution in [3.63, 3.8) is 0 Å². The average molecular weight is 388 g/mol. The summed E-state index contributed by atoms with van der Waals surface area (Å²) in [4.78, 5) is 13.9. The van der Waals surface area contributed by atoms with Gasteiger partial charge >= 0.3 is 0 Å². The molecule has 24 heavy (non-hydrogen) atoms. The second kappa shape index (κ2) is 9.14. The van der Waals surface area contributed by atoms with Gasteiger partial charge in [0.25, 0.3) is 0 Å². The smallest absolute Gasteiger partial charge is 0.238 e. The van der Waals surface area contributed by atoms with Crippen molar-refractivity contribution in [2.24, 2.45) is 0 Å². The lowest BCUT2D eigenvalue weighted by molar-refractivity contribution is -0.117. The van der Waals surface area contributed by atoms with Gasteiger partial charge < -0.3 is 10.1 Å². The van der Waals surface area contributed by atoms with Crippen molar-refractivity contribution in [3.05, 3.63) is 57.5 Å². The number of hydrogen-bond donors (Lipinski definition) is 1. The molecule has 0 spiro atoms. The molecule has 128 valence electrons. The van der Waals surface area contributed by atoms with Crippen LogP contribution >= 0.6 is 34.8 Å². The van der Waals surface area contributed by atoms with Crippen molar-refractivity contribution < 1.29 is 9.53 Å². The van der Waals surface area contributed by atoms with Gasteiger partial charge in [0.2, 0.25) is 5.91 Å². The van der Waals surface area contributed by atoms with Gasteiger partial charge in [-0.25, -0.2) is 0 Å². The second-order valence-electron chi connectivity index (χ2n) is 5.19. The molecule has 0 saturated carbocycles. The Balaban J connectivity index is 1.79. The molecule has 0 saturated heterocycles. The van der Waals surface area contributed by atoms with Crippen molar-refractivity contribution in [2.45, 2.75) is 0 Å². The Labute approximate surface area is 156 Å². The van der Waals surface area contributed by atoms with Crippen LogP contribution in [0, 0.1) is 0 Å². The largest absolute Gasteiger partial charge is 0.492 e. The third-order valence-electron chi connectivity index (χ3n) is 3.17. The van der Waals surface area contributed by atoms with Crippen molar-refractivity contribution in [1.29, 1.82) is 0 Å². The van der Waals surface area contributed by atoms with E-state index in [0.717, 1.165) is 5.75 Å². The van der Waals surface area contributed by atoms with Gasteiger partial charge in [-0.1, -0.05) is 53.0 Å². The van der Waals surface area contributed by atoms with E-state index in [4.69, 9.17) is 39.5 Å². The molecule has 0 unspecified atom stereocenters. The van der Waals surface area contributed by atoms with E-state index in [1.54, 1.807) is 0 Å². The number of carbonyl (C=O) groups is 1. The highest BCUT2D eigenvalue weighted by molar-refractivity contribution is 6.42. The first-order valence-electron chi connectivity index (χ1n) is 7.26. The minimum atomic E-state index is -0.219. The number of nitrogens with zero attached hydrogens (tertiary/aromatic N) is 1. The summed E-state index contributed by atoms with van der Waals surface area (Å²) in [7, 11) is 1.83. The van der Waals surface area contributed by atoms with Crippen LogP contribution in [0.25, 0.3) is 0 Å². The van der Waals surface area contributed by atoms with Gasteiger partial charge in [0.1, 0.15) is 12.4 Å². The molecule has 7 heteroatoms. The molecule has 0 bridgehead atoms. The molecule has 0 atom stereocenters. The molecule has 0 radical (unpaired) electrons. The Bertz CT molecular complexity index is 672. The maximum atomic E-state index is 12.1. The van der Waals surface area contributed by atoms with Crippen LogP contribution in [-0.2, 0) is 4.79 Å². The first kappa shape index (κ1) is 18.9. The number of carbonyl (C=O) groups excluding carboxylic acids is 1. The zero-order valence-corrected chi connectivity index (χ0v) is 15.3. The Morgan fingerprint density at radius 1 is 1.12 bits per heavy atom. The van der Waals surface area contributed by atoms with Gasteiger partial charge in [-0.15, -0.1) is 0 Å². The van der Waals surface area contributed by atoms with Crippen LogP contribution in [0.2, 0.25) is 15.1 Å². The predicted molar refractivity (Wildman–Crippen MR) is 99.5 cm³/mol. The van der Waals surface area contributed by atoms with Crippen LogP contribution in [0.5, 0.6) is 5.75 Å². The number of para-hydroxylation sites is 1. The van der Waals surface area contributed by atoms with E-state index in [9.17, 15) is 4.79 Å². The van der Waals surface area contributed by atoms with Crippen LogP contribution in [0.15, 0.2) is 42.5 Å². The molecular formula is C17H17Cl3N2O2. The summed E-state index contributed by atoms with van der Waals surface area (Å²) in [5, 5.41) is 3.72. The van der Waals surface area contributed by atoms with Gasteiger partial charge in [0, 0.05) is 11.6 Å². The third-order valence-corrected chi connectivity index (χ3v) is 3.98. The van der Waals surface area contributed by atoms with Crippen LogP contribution in [0.1, 0.15) is 0 Å². The SMILES string of the molecule is CN(CCOc1ccccc1)CC(=O)Nc1c(Cl)cc(Cl)cc1Cl. The number of likely N-dealkylation sites (N-methyl/N-ethyl adjacent to an activating group) is 1. The van der Waals surface area contributed by atoms with E-state index in [-0.39, 0.29) is 12.5 Å². The molecule has 4 nitrogen and oxygen atoms in total. The van der Waals surface area contributed by atoms with Crippen LogP contribution < -0.4 is 10.1 Å². The van der Waals surface area contributed by atoms with Gasteiger partial charge in [0.15, 0.2) is 0 Å². The number of ether oxygens (including phenoxy) is 1. The fraction of sp³-hybridized carbons (Fsp3) is 0.235. The quantitative estimate of drug-likeness (QED) is 0.755. The number of hydrogen-bond acceptors (Lipinski definition) is 3. The molecule has 2 aromatic carbocycles.